The van der Waals surface area contributed by atoms with Gasteiger partial charge in [-0.3, -0.25) is 4.99 Å². The molecule has 0 amide bonds. The number of thiophene rings is 1. The van der Waals surface area contributed by atoms with Crippen LogP contribution in [0.1, 0.15) is 10.9 Å². The Morgan fingerprint density at radius 1 is 1.50 bits per heavy atom. The fourth-order valence-corrected chi connectivity index (χ4v) is 2.97. The number of likely N-dealkylation sites (N-methyl/N-ethyl adjacent to an activating group) is 1. The van der Waals surface area contributed by atoms with E-state index in [1.165, 1.54) is 4.88 Å². The molecule has 1 aromatic rings. The molecule has 0 bridgehead atoms. The van der Waals surface area contributed by atoms with Crippen LogP contribution in [0, 0.1) is 0 Å². The van der Waals surface area contributed by atoms with Crippen molar-refractivity contribution in [2.45, 2.75) is 6.04 Å². The van der Waals surface area contributed by atoms with Crippen molar-refractivity contribution in [1.29, 1.82) is 0 Å². The van der Waals surface area contributed by atoms with Gasteiger partial charge in [0.15, 0.2) is 5.96 Å². The molecule has 1 fully saturated rings. The van der Waals surface area contributed by atoms with Crippen LogP contribution in [0.15, 0.2) is 22.5 Å². The van der Waals surface area contributed by atoms with Gasteiger partial charge in [0.05, 0.1) is 25.8 Å². The summed E-state index contributed by atoms with van der Waals surface area (Å²) in [5.41, 5.74) is 6.06. The molecular formula is C13H23IN4OS. The van der Waals surface area contributed by atoms with E-state index in [2.05, 4.69) is 46.4 Å². The van der Waals surface area contributed by atoms with Gasteiger partial charge in [0.1, 0.15) is 0 Å². The molecule has 1 aliphatic heterocycles. The fraction of sp³-hybridized carbons (Fsp3) is 0.615. The van der Waals surface area contributed by atoms with Crippen molar-refractivity contribution in [1.82, 2.24) is 9.80 Å². The second-order valence-corrected chi connectivity index (χ2v) is 5.77. The molecule has 1 aromatic heterocycles. The number of aliphatic imine (C=N–C) groups is 1. The Kier molecular flexibility index (Phi) is 7.78. The molecule has 2 heterocycles. The van der Waals surface area contributed by atoms with Gasteiger partial charge in [-0.25, -0.2) is 0 Å². The highest BCUT2D eigenvalue weighted by molar-refractivity contribution is 14.0. The minimum Gasteiger partial charge on any atom is -0.378 e. The quantitative estimate of drug-likeness (QED) is 0.466. The molecule has 1 atom stereocenters. The molecule has 20 heavy (non-hydrogen) atoms. The van der Waals surface area contributed by atoms with Crippen LogP contribution >= 0.6 is 35.3 Å². The largest absolute Gasteiger partial charge is 0.378 e. The van der Waals surface area contributed by atoms with Gasteiger partial charge in [0.25, 0.3) is 0 Å². The van der Waals surface area contributed by atoms with Crippen LogP contribution in [-0.2, 0) is 4.74 Å². The maximum Gasteiger partial charge on any atom is 0.191 e. The van der Waals surface area contributed by atoms with Crippen LogP contribution in [0.5, 0.6) is 0 Å². The van der Waals surface area contributed by atoms with Crippen LogP contribution in [0.3, 0.4) is 0 Å². The lowest BCUT2D eigenvalue weighted by Crippen LogP contribution is -2.45. The molecule has 1 aliphatic rings. The number of hydrogen-bond donors (Lipinski definition) is 1. The lowest BCUT2D eigenvalue weighted by atomic mass is 10.2. The summed E-state index contributed by atoms with van der Waals surface area (Å²) in [6, 6.07) is 4.51. The van der Waals surface area contributed by atoms with E-state index in [9.17, 15) is 0 Å². The SMILES string of the molecule is CN(C)C(CN=C(N)N1CCOCC1)c1cccs1.I. The van der Waals surface area contributed by atoms with Gasteiger partial charge in [-0.1, -0.05) is 6.07 Å². The summed E-state index contributed by atoms with van der Waals surface area (Å²) in [5.74, 6) is 0.631. The standard InChI is InChI=1S/C13H22N4OS.HI/c1-16(2)11(12-4-3-9-19-12)10-15-13(14)17-5-7-18-8-6-17;/h3-4,9,11H,5-8,10H2,1-2H3,(H2,14,15);1H. The molecule has 2 rings (SSSR count). The zero-order valence-corrected chi connectivity index (χ0v) is 15.1. The van der Waals surface area contributed by atoms with Gasteiger partial charge in [-0.2, -0.15) is 0 Å². The third-order valence-corrected chi connectivity index (χ3v) is 4.23. The molecule has 0 aromatic carbocycles. The number of halogens is 1. The lowest BCUT2D eigenvalue weighted by Gasteiger charge is -2.28. The molecule has 7 heteroatoms. The first-order valence-electron chi connectivity index (χ1n) is 6.51. The Balaban J connectivity index is 0.00000200. The van der Waals surface area contributed by atoms with Crippen LogP contribution in [0.4, 0.5) is 0 Å². The third-order valence-electron chi connectivity index (χ3n) is 3.26. The van der Waals surface area contributed by atoms with E-state index in [0.717, 1.165) is 26.3 Å². The van der Waals surface area contributed by atoms with E-state index in [1.807, 2.05) is 0 Å². The summed E-state index contributed by atoms with van der Waals surface area (Å²) in [7, 11) is 4.15. The van der Waals surface area contributed by atoms with Crippen LogP contribution < -0.4 is 5.73 Å². The number of guanidine groups is 1. The maximum atomic E-state index is 6.06. The van der Waals surface area contributed by atoms with Gasteiger partial charge in [-0.15, -0.1) is 35.3 Å². The maximum absolute atomic E-state index is 6.06. The molecule has 0 aliphatic carbocycles. The van der Waals surface area contributed by atoms with Gasteiger partial charge in [0.2, 0.25) is 0 Å². The van der Waals surface area contributed by atoms with Crippen molar-refractivity contribution in [2.24, 2.45) is 10.7 Å². The number of nitrogens with zero attached hydrogens (tertiary/aromatic N) is 3. The summed E-state index contributed by atoms with van der Waals surface area (Å²) in [6.45, 7) is 3.83. The highest BCUT2D eigenvalue weighted by Gasteiger charge is 2.16. The van der Waals surface area contributed by atoms with Crippen molar-refractivity contribution < 1.29 is 4.74 Å². The fourth-order valence-electron chi connectivity index (χ4n) is 2.06. The first-order chi connectivity index (χ1) is 9.18. The molecule has 114 valence electrons. The average Bonchev–Trinajstić information content (AvgIpc) is 2.93. The zero-order valence-electron chi connectivity index (χ0n) is 12.0. The van der Waals surface area contributed by atoms with Crippen molar-refractivity contribution in [2.75, 3.05) is 46.9 Å². The third kappa shape index (κ3) is 4.87. The van der Waals surface area contributed by atoms with Crippen LogP contribution in [-0.4, -0.2) is 62.7 Å². The molecule has 1 unspecified atom stereocenters. The molecule has 0 saturated carbocycles. The Bertz CT molecular complexity index is 405. The summed E-state index contributed by atoms with van der Waals surface area (Å²) in [6.07, 6.45) is 0. The highest BCUT2D eigenvalue weighted by Crippen LogP contribution is 2.23. The van der Waals surface area contributed by atoms with E-state index >= 15 is 0 Å². The number of hydrogen-bond acceptors (Lipinski definition) is 4. The predicted octanol–water partition coefficient (Wildman–Crippen LogP) is 1.62. The van der Waals surface area contributed by atoms with E-state index < -0.39 is 0 Å². The Hall–Kier alpha value is -0.380. The topological polar surface area (TPSA) is 54.1 Å². The zero-order chi connectivity index (χ0) is 13.7. The molecule has 2 N–H and O–H groups in total. The number of ether oxygens (including phenoxy) is 1. The van der Waals surface area contributed by atoms with E-state index in [4.69, 9.17) is 10.5 Å². The smallest absolute Gasteiger partial charge is 0.191 e. The predicted molar refractivity (Wildman–Crippen MR) is 95.0 cm³/mol. The monoisotopic (exact) mass is 410 g/mol. The van der Waals surface area contributed by atoms with E-state index in [1.54, 1.807) is 11.3 Å². The van der Waals surface area contributed by atoms with Crippen molar-refractivity contribution in [3.8, 4) is 0 Å². The second-order valence-electron chi connectivity index (χ2n) is 4.79. The number of rotatable bonds is 4. The van der Waals surface area contributed by atoms with Gasteiger partial charge in [0, 0.05) is 18.0 Å². The van der Waals surface area contributed by atoms with Gasteiger partial charge >= 0.3 is 0 Å². The molecule has 1 saturated heterocycles. The number of morpholine rings is 1. The minimum atomic E-state index is 0. The first-order valence-corrected chi connectivity index (χ1v) is 7.39. The first kappa shape index (κ1) is 17.7. The molecule has 0 radical (unpaired) electrons. The minimum absolute atomic E-state index is 0. The van der Waals surface area contributed by atoms with Crippen LogP contribution in [0.25, 0.3) is 0 Å². The van der Waals surface area contributed by atoms with E-state index in [-0.39, 0.29) is 24.0 Å². The average molecular weight is 410 g/mol. The molecular weight excluding hydrogens is 387 g/mol. The molecule has 0 spiro atoms. The van der Waals surface area contributed by atoms with Gasteiger partial charge in [-0.05, 0) is 25.5 Å². The summed E-state index contributed by atoms with van der Waals surface area (Å²) in [5, 5.41) is 2.10. The van der Waals surface area contributed by atoms with Crippen LogP contribution in [0.2, 0.25) is 0 Å². The molecule has 5 nitrogen and oxygen atoms in total. The second kappa shape index (κ2) is 8.81. The Labute approximate surface area is 141 Å². The van der Waals surface area contributed by atoms with Gasteiger partial charge < -0.3 is 20.3 Å². The van der Waals surface area contributed by atoms with Crippen molar-refractivity contribution >= 4 is 41.3 Å². The highest BCUT2D eigenvalue weighted by atomic mass is 127. The normalized spacial score (nSPS) is 17.9. The van der Waals surface area contributed by atoms with Crippen molar-refractivity contribution in [3.05, 3.63) is 22.4 Å². The lowest BCUT2D eigenvalue weighted by molar-refractivity contribution is 0.0673. The Morgan fingerprint density at radius 3 is 2.75 bits per heavy atom. The van der Waals surface area contributed by atoms with Crippen molar-refractivity contribution in [3.63, 3.8) is 0 Å². The Morgan fingerprint density at radius 2 is 2.20 bits per heavy atom. The summed E-state index contributed by atoms with van der Waals surface area (Å²) < 4.78 is 5.31. The number of nitrogens with two attached hydrogens (primary N) is 1. The van der Waals surface area contributed by atoms with E-state index in [0.29, 0.717) is 18.5 Å². The summed E-state index contributed by atoms with van der Waals surface area (Å²) in [4.78, 5) is 10.1. The summed E-state index contributed by atoms with van der Waals surface area (Å²) >= 11 is 1.76.